The number of halogens is 2. The fourth-order valence-corrected chi connectivity index (χ4v) is 2.69. The molecule has 1 aromatic carbocycles. The third-order valence-electron chi connectivity index (χ3n) is 3.21. The third-order valence-corrected chi connectivity index (χ3v) is 4.24. The van der Waals surface area contributed by atoms with E-state index in [1.807, 2.05) is 25.1 Å². The Morgan fingerprint density at radius 1 is 1.27 bits per heavy atom. The Hall–Kier alpha value is -1.17. The average molecular weight is 357 g/mol. The lowest BCUT2D eigenvalue weighted by atomic mass is 10.1. The van der Waals surface area contributed by atoms with Crippen molar-refractivity contribution in [2.75, 3.05) is 10.0 Å². The van der Waals surface area contributed by atoms with Gasteiger partial charge in [0, 0.05) is 11.4 Å². The van der Waals surface area contributed by atoms with Gasteiger partial charge in [-0.3, -0.25) is 4.31 Å². The summed E-state index contributed by atoms with van der Waals surface area (Å²) in [6, 6.07) is 5.88. The van der Waals surface area contributed by atoms with Crippen LogP contribution in [0.1, 0.15) is 30.3 Å². The van der Waals surface area contributed by atoms with Crippen molar-refractivity contribution in [1.29, 1.82) is 0 Å². The van der Waals surface area contributed by atoms with Crippen LogP contribution in [0.25, 0.3) is 0 Å². The molecule has 0 atom stereocenters. The molecule has 0 amide bonds. The molecule has 118 valence electrons. The first-order chi connectivity index (χ1) is 10.4. The maximum absolute atomic E-state index is 6.15. The molecule has 22 heavy (non-hydrogen) atoms. The van der Waals surface area contributed by atoms with E-state index < -0.39 is 0 Å². The molecule has 2 aromatic rings. The summed E-state index contributed by atoms with van der Waals surface area (Å²) in [7, 11) is 0. The highest BCUT2D eigenvalue weighted by molar-refractivity contribution is 7.81. The molecule has 2 rings (SSSR count). The number of benzene rings is 1. The highest BCUT2D eigenvalue weighted by Gasteiger charge is 2.15. The Balaban J connectivity index is 2.28. The van der Waals surface area contributed by atoms with Crippen LogP contribution in [0, 0.1) is 6.92 Å². The van der Waals surface area contributed by atoms with Gasteiger partial charge in [0.15, 0.2) is 11.0 Å². The van der Waals surface area contributed by atoms with Gasteiger partial charge in [-0.1, -0.05) is 55.1 Å². The van der Waals surface area contributed by atoms with E-state index in [9.17, 15) is 0 Å². The first-order valence-electron chi connectivity index (χ1n) is 6.95. The van der Waals surface area contributed by atoms with Crippen molar-refractivity contribution in [2.24, 2.45) is 0 Å². The fraction of sp³-hybridized carbons (Fsp3) is 0.333. The van der Waals surface area contributed by atoms with Crippen molar-refractivity contribution >= 4 is 47.5 Å². The van der Waals surface area contributed by atoms with E-state index in [0.717, 1.165) is 29.0 Å². The van der Waals surface area contributed by atoms with Crippen LogP contribution in [-0.2, 0) is 13.0 Å². The molecule has 0 spiro atoms. The zero-order valence-corrected chi connectivity index (χ0v) is 14.9. The molecule has 0 saturated heterocycles. The van der Waals surface area contributed by atoms with Gasteiger partial charge in [0.25, 0.3) is 0 Å². The number of nitrogens with zero attached hydrogens (tertiary/aromatic N) is 3. The molecule has 0 unspecified atom stereocenters. The number of thiol groups is 1. The smallest absolute Gasteiger partial charge is 0.167 e. The highest BCUT2D eigenvalue weighted by Crippen LogP contribution is 2.30. The lowest BCUT2D eigenvalue weighted by Crippen LogP contribution is -2.15. The Morgan fingerprint density at radius 3 is 2.64 bits per heavy atom. The van der Waals surface area contributed by atoms with E-state index in [0.29, 0.717) is 23.9 Å². The normalized spacial score (nSPS) is 10.8. The third kappa shape index (κ3) is 3.97. The number of anilines is 2. The van der Waals surface area contributed by atoms with Crippen LogP contribution in [0.15, 0.2) is 18.2 Å². The SMILES string of the molecule is CCCc1nc(Cl)c(N)c(N(S)Cc2ccc(C)c(Cl)c2)n1. The Morgan fingerprint density at radius 2 is 2.00 bits per heavy atom. The fourth-order valence-electron chi connectivity index (χ4n) is 1.99. The van der Waals surface area contributed by atoms with Crippen molar-refractivity contribution in [1.82, 2.24) is 9.97 Å². The van der Waals surface area contributed by atoms with Crippen LogP contribution in [0.5, 0.6) is 0 Å². The molecule has 0 radical (unpaired) electrons. The second kappa shape index (κ2) is 7.40. The van der Waals surface area contributed by atoms with Crippen LogP contribution in [-0.4, -0.2) is 9.97 Å². The number of hydrogen-bond acceptors (Lipinski definition) is 5. The molecule has 1 aromatic heterocycles. The van der Waals surface area contributed by atoms with Crippen LogP contribution in [0.3, 0.4) is 0 Å². The Bertz CT molecular complexity index is 679. The van der Waals surface area contributed by atoms with Gasteiger partial charge in [0.05, 0.1) is 6.54 Å². The minimum atomic E-state index is 0.259. The molecule has 0 aliphatic carbocycles. The van der Waals surface area contributed by atoms with Gasteiger partial charge < -0.3 is 5.73 Å². The molecule has 0 saturated carbocycles. The van der Waals surface area contributed by atoms with Crippen LogP contribution < -0.4 is 10.0 Å². The Kier molecular flexibility index (Phi) is 5.78. The topological polar surface area (TPSA) is 55.0 Å². The van der Waals surface area contributed by atoms with Crippen LogP contribution in [0.2, 0.25) is 10.2 Å². The summed E-state index contributed by atoms with van der Waals surface area (Å²) in [4.78, 5) is 8.64. The van der Waals surface area contributed by atoms with Gasteiger partial charge in [-0.2, -0.15) is 0 Å². The first-order valence-corrected chi connectivity index (χ1v) is 8.11. The van der Waals surface area contributed by atoms with Crippen molar-refractivity contribution < 1.29 is 0 Å². The average Bonchev–Trinajstić information content (AvgIpc) is 2.46. The van der Waals surface area contributed by atoms with Crippen molar-refractivity contribution in [3.63, 3.8) is 0 Å². The monoisotopic (exact) mass is 356 g/mol. The summed E-state index contributed by atoms with van der Waals surface area (Å²) < 4.78 is 1.66. The summed E-state index contributed by atoms with van der Waals surface area (Å²) >= 11 is 16.7. The molecule has 0 bridgehead atoms. The van der Waals surface area contributed by atoms with E-state index in [4.69, 9.17) is 28.9 Å². The van der Waals surface area contributed by atoms with Crippen LogP contribution in [0.4, 0.5) is 11.5 Å². The number of nitrogens with two attached hydrogens (primary N) is 1. The largest absolute Gasteiger partial charge is 0.393 e. The van der Waals surface area contributed by atoms with Gasteiger partial charge in [0.1, 0.15) is 11.5 Å². The second-order valence-electron chi connectivity index (χ2n) is 5.06. The summed E-state index contributed by atoms with van der Waals surface area (Å²) in [6.45, 7) is 4.52. The standard InChI is InChI=1S/C15H18Cl2N4S/c1-3-4-12-19-14(17)13(18)15(20-12)21(22)8-10-6-5-9(2)11(16)7-10/h5-7,22H,3-4,8,18H2,1-2H3. The number of rotatable bonds is 5. The number of nitrogen functional groups attached to an aromatic ring is 1. The van der Waals surface area contributed by atoms with Gasteiger partial charge >= 0.3 is 0 Å². The minimum absolute atomic E-state index is 0.259. The summed E-state index contributed by atoms with van der Waals surface area (Å²) in [5.41, 5.74) is 8.36. The highest BCUT2D eigenvalue weighted by atomic mass is 35.5. The number of hydrogen-bond donors (Lipinski definition) is 2. The van der Waals surface area contributed by atoms with E-state index in [-0.39, 0.29) is 5.15 Å². The van der Waals surface area contributed by atoms with Gasteiger partial charge in [-0.05, 0) is 30.5 Å². The molecule has 0 fully saturated rings. The molecule has 1 heterocycles. The van der Waals surface area contributed by atoms with Gasteiger partial charge in [-0.15, -0.1) is 0 Å². The van der Waals surface area contributed by atoms with E-state index in [1.165, 1.54) is 0 Å². The van der Waals surface area contributed by atoms with E-state index >= 15 is 0 Å². The molecular weight excluding hydrogens is 339 g/mol. The summed E-state index contributed by atoms with van der Waals surface area (Å²) in [5, 5.41) is 0.981. The molecule has 2 N–H and O–H groups in total. The molecule has 4 nitrogen and oxygen atoms in total. The van der Waals surface area contributed by atoms with Crippen molar-refractivity contribution in [3.8, 4) is 0 Å². The first kappa shape index (κ1) is 17.2. The van der Waals surface area contributed by atoms with E-state index in [1.54, 1.807) is 4.31 Å². The predicted octanol–water partition coefficient (Wildman–Crippen LogP) is 4.48. The summed E-state index contributed by atoms with van der Waals surface area (Å²) in [5.74, 6) is 1.18. The lowest BCUT2D eigenvalue weighted by molar-refractivity contribution is 0.830. The molecule has 7 heteroatoms. The number of aryl methyl sites for hydroxylation is 2. The van der Waals surface area contributed by atoms with Crippen LogP contribution >= 0.6 is 36.0 Å². The minimum Gasteiger partial charge on any atom is -0.393 e. The molecular formula is C15H18Cl2N4S. The lowest BCUT2D eigenvalue weighted by Gasteiger charge is -2.20. The molecule has 0 aliphatic heterocycles. The van der Waals surface area contributed by atoms with E-state index in [2.05, 4.69) is 29.7 Å². The Labute approximate surface area is 146 Å². The second-order valence-corrected chi connectivity index (χ2v) is 6.31. The molecule has 0 aliphatic rings. The quantitative estimate of drug-likeness (QED) is 0.612. The number of aromatic nitrogens is 2. The summed E-state index contributed by atoms with van der Waals surface area (Å²) in [6.07, 6.45) is 1.67. The maximum atomic E-state index is 6.15. The maximum Gasteiger partial charge on any atom is 0.167 e. The van der Waals surface area contributed by atoms with Crippen molar-refractivity contribution in [2.45, 2.75) is 33.2 Å². The predicted molar refractivity (Wildman–Crippen MR) is 96.8 cm³/mol. The van der Waals surface area contributed by atoms with Crippen molar-refractivity contribution in [3.05, 3.63) is 45.3 Å². The van der Waals surface area contributed by atoms with Gasteiger partial charge in [0.2, 0.25) is 0 Å². The van der Waals surface area contributed by atoms with Gasteiger partial charge in [-0.25, -0.2) is 9.97 Å². The zero-order valence-electron chi connectivity index (χ0n) is 12.5. The zero-order chi connectivity index (χ0) is 16.3.